The average Bonchev–Trinajstić information content (AvgIpc) is 3.17. The summed E-state index contributed by atoms with van der Waals surface area (Å²) >= 11 is 0. The van der Waals surface area contributed by atoms with Gasteiger partial charge in [-0.25, -0.2) is 8.42 Å². The van der Waals surface area contributed by atoms with Crippen molar-refractivity contribution < 1.29 is 12.9 Å². The number of nitrogens with zero attached hydrogens (tertiary/aromatic N) is 2. The number of sulfone groups is 1. The van der Waals surface area contributed by atoms with Gasteiger partial charge < -0.3 is 4.52 Å². The van der Waals surface area contributed by atoms with Gasteiger partial charge in [0.25, 0.3) is 0 Å². The average molecular weight is 338 g/mol. The van der Waals surface area contributed by atoms with Crippen molar-refractivity contribution in [1.82, 2.24) is 10.1 Å². The Morgan fingerprint density at radius 1 is 1.17 bits per heavy atom. The van der Waals surface area contributed by atoms with Crippen LogP contribution in [0, 0.1) is 0 Å². The molecule has 0 amide bonds. The first-order valence-electron chi connectivity index (χ1n) is 8.51. The van der Waals surface area contributed by atoms with Gasteiger partial charge in [0.15, 0.2) is 20.4 Å². The van der Waals surface area contributed by atoms with Crippen molar-refractivity contribution in [2.24, 2.45) is 0 Å². The smallest absolute Gasteiger partial charge is 0.248 e. The van der Waals surface area contributed by atoms with E-state index >= 15 is 0 Å². The van der Waals surface area contributed by atoms with Gasteiger partial charge in [0.05, 0.1) is 0 Å². The zero-order valence-electron chi connectivity index (χ0n) is 14.3. The van der Waals surface area contributed by atoms with Gasteiger partial charge in [0.2, 0.25) is 5.89 Å². The molecule has 0 aromatic carbocycles. The maximum absolute atomic E-state index is 12.4. The fourth-order valence-corrected chi connectivity index (χ4v) is 5.33. The van der Waals surface area contributed by atoms with Crippen molar-refractivity contribution in [3.05, 3.63) is 23.4 Å². The Morgan fingerprint density at radius 3 is 2.43 bits per heavy atom. The van der Waals surface area contributed by atoms with Crippen LogP contribution in [-0.2, 0) is 20.0 Å². The number of rotatable bonds is 4. The largest absolute Gasteiger partial charge is 0.338 e. The molecule has 2 aliphatic carbocycles. The number of hydrogen-bond acceptors (Lipinski definition) is 5. The molecule has 0 saturated heterocycles. The summed E-state index contributed by atoms with van der Waals surface area (Å²) < 4.78 is 29.3. The molecule has 5 nitrogen and oxygen atoms in total. The third-order valence-electron chi connectivity index (χ3n) is 5.59. The first-order valence-corrected chi connectivity index (χ1v) is 10.4. The van der Waals surface area contributed by atoms with E-state index in [2.05, 4.69) is 30.1 Å². The van der Waals surface area contributed by atoms with Gasteiger partial charge in [-0.2, -0.15) is 4.98 Å². The van der Waals surface area contributed by atoms with Crippen molar-refractivity contribution >= 4 is 9.84 Å². The summed E-state index contributed by atoms with van der Waals surface area (Å²) in [6.07, 6.45) is 11.1. The third kappa shape index (κ3) is 2.75. The van der Waals surface area contributed by atoms with Crippen molar-refractivity contribution in [2.75, 3.05) is 6.26 Å². The monoisotopic (exact) mass is 338 g/mol. The molecule has 1 fully saturated rings. The lowest BCUT2D eigenvalue weighted by Gasteiger charge is -2.27. The van der Waals surface area contributed by atoms with Gasteiger partial charge in [-0.3, -0.25) is 0 Å². The Balaban J connectivity index is 1.98. The molecule has 3 rings (SSSR count). The van der Waals surface area contributed by atoms with Gasteiger partial charge >= 0.3 is 0 Å². The highest BCUT2D eigenvalue weighted by atomic mass is 32.2. The second-order valence-electron chi connectivity index (χ2n) is 7.50. The van der Waals surface area contributed by atoms with Crippen molar-refractivity contribution in [3.63, 3.8) is 0 Å². The molecule has 1 aromatic heterocycles. The van der Waals surface area contributed by atoms with E-state index < -0.39 is 14.6 Å². The Morgan fingerprint density at radius 2 is 1.87 bits per heavy atom. The summed E-state index contributed by atoms with van der Waals surface area (Å²) in [5.41, 5.74) is 1.02. The Hall–Kier alpha value is -1.17. The van der Waals surface area contributed by atoms with Gasteiger partial charge in [-0.05, 0) is 52.4 Å². The molecule has 0 unspecified atom stereocenters. The molecule has 0 spiro atoms. The molecule has 0 radical (unpaired) electrons. The van der Waals surface area contributed by atoms with Crippen LogP contribution < -0.4 is 0 Å². The number of hydrogen-bond donors (Lipinski definition) is 0. The minimum atomic E-state index is -3.29. The van der Waals surface area contributed by atoms with Crippen LogP contribution in [0.1, 0.15) is 76.9 Å². The highest BCUT2D eigenvalue weighted by Gasteiger charge is 2.50. The Labute approximate surface area is 138 Å². The topological polar surface area (TPSA) is 73.1 Å². The molecule has 128 valence electrons. The maximum Gasteiger partial charge on any atom is 0.248 e. The van der Waals surface area contributed by atoms with E-state index in [1.807, 2.05) is 0 Å². The first-order chi connectivity index (χ1) is 10.8. The molecule has 0 atom stereocenters. The van der Waals surface area contributed by atoms with E-state index in [0.29, 0.717) is 18.7 Å². The van der Waals surface area contributed by atoms with Crippen LogP contribution in [0.4, 0.5) is 0 Å². The summed E-state index contributed by atoms with van der Waals surface area (Å²) in [4.78, 5) is 4.58. The summed E-state index contributed by atoms with van der Waals surface area (Å²) in [5, 5.41) is 4.17. The molecule has 23 heavy (non-hydrogen) atoms. The molecule has 1 saturated carbocycles. The molecule has 2 aliphatic rings. The fraction of sp³-hybridized carbons (Fsp3) is 0.765. The molecule has 0 aliphatic heterocycles. The summed E-state index contributed by atoms with van der Waals surface area (Å²) in [5.74, 6) is 0.896. The highest BCUT2D eigenvalue weighted by molar-refractivity contribution is 7.91. The Kier molecular flexibility index (Phi) is 4.15. The van der Waals surface area contributed by atoms with Gasteiger partial charge in [0, 0.05) is 11.7 Å². The van der Waals surface area contributed by atoms with Gasteiger partial charge in [0.1, 0.15) is 0 Å². The fourth-order valence-electron chi connectivity index (χ4n) is 3.90. The van der Waals surface area contributed by atoms with E-state index in [1.165, 1.54) is 24.7 Å². The van der Waals surface area contributed by atoms with Crippen LogP contribution in [0.2, 0.25) is 0 Å². The van der Waals surface area contributed by atoms with Gasteiger partial charge in [-0.15, -0.1) is 0 Å². The number of allylic oxidation sites excluding steroid dienone is 2. The van der Waals surface area contributed by atoms with E-state index in [0.717, 1.165) is 25.7 Å². The molecule has 0 bridgehead atoms. The predicted octanol–water partition coefficient (Wildman–Crippen LogP) is 3.66. The van der Waals surface area contributed by atoms with E-state index in [4.69, 9.17) is 4.52 Å². The van der Waals surface area contributed by atoms with Crippen LogP contribution in [0.15, 0.2) is 16.2 Å². The molecule has 0 N–H and O–H groups in total. The lowest BCUT2D eigenvalue weighted by Crippen LogP contribution is -2.33. The minimum Gasteiger partial charge on any atom is -0.338 e. The zero-order valence-corrected chi connectivity index (χ0v) is 15.1. The van der Waals surface area contributed by atoms with Crippen molar-refractivity contribution in [2.45, 2.75) is 75.4 Å². The number of aromatic nitrogens is 2. The van der Waals surface area contributed by atoms with Crippen molar-refractivity contribution in [1.29, 1.82) is 0 Å². The molecule has 1 aromatic rings. The quantitative estimate of drug-likeness (QED) is 0.783. The second-order valence-corrected chi connectivity index (χ2v) is 9.82. The van der Waals surface area contributed by atoms with Crippen LogP contribution in [0.3, 0.4) is 0 Å². The van der Waals surface area contributed by atoms with E-state index in [1.54, 1.807) is 0 Å². The SMILES string of the molecule is CC(C)(C1=CCCCC1)c1noc(C2(S(C)(=O)=O)CCCC2)n1. The summed E-state index contributed by atoms with van der Waals surface area (Å²) in [7, 11) is -3.29. The standard InChI is InChI=1S/C17H26N2O3S/c1-16(2,13-9-5-4-6-10-13)14-18-15(22-19-14)17(23(3,20)21)11-7-8-12-17/h9H,4-8,10-12H2,1-3H3. The molecular formula is C17H26N2O3S. The van der Waals surface area contributed by atoms with Crippen LogP contribution in [-0.4, -0.2) is 24.8 Å². The normalized spacial score (nSPS) is 22.1. The summed E-state index contributed by atoms with van der Waals surface area (Å²) in [6, 6.07) is 0. The van der Waals surface area contributed by atoms with Gasteiger partial charge in [-0.1, -0.05) is 29.6 Å². The zero-order chi connectivity index (χ0) is 16.7. The van der Waals surface area contributed by atoms with Crippen LogP contribution >= 0.6 is 0 Å². The Bertz CT molecular complexity index is 710. The van der Waals surface area contributed by atoms with E-state index in [9.17, 15) is 8.42 Å². The lowest BCUT2D eigenvalue weighted by molar-refractivity contribution is 0.324. The lowest BCUT2D eigenvalue weighted by atomic mass is 9.78. The predicted molar refractivity (Wildman–Crippen MR) is 88.9 cm³/mol. The van der Waals surface area contributed by atoms with Crippen molar-refractivity contribution in [3.8, 4) is 0 Å². The second kappa shape index (κ2) is 5.72. The van der Waals surface area contributed by atoms with Crippen LogP contribution in [0.25, 0.3) is 0 Å². The molecule has 6 heteroatoms. The molecular weight excluding hydrogens is 312 g/mol. The first kappa shape index (κ1) is 16.7. The highest BCUT2D eigenvalue weighted by Crippen LogP contribution is 2.45. The maximum atomic E-state index is 12.4. The third-order valence-corrected chi connectivity index (χ3v) is 7.59. The molecule has 1 heterocycles. The van der Waals surface area contributed by atoms with Crippen LogP contribution in [0.5, 0.6) is 0 Å². The van der Waals surface area contributed by atoms with E-state index in [-0.39, 0.29) is 11.3 Å². The minimum absolute atomic E-state index is 0.289. The summed E-state index contributed by atoms with van der Waals surface area (Å²) in [6.45, 7) is 4.20.